The minimum atomic E-state index is -1.88. The van der Waals surface area contributed by atoms with Crippen molar-refractivity contribution in [1.82, 2.24) is 0 Å². The highest BCUT2D eigenvalue weighted by Crippen LogP contribution is 2.21. The van der Waals surface area contributed by atoms with E-state index in [0.29, 0.717) is 0 Å². The Labute approximate surface area is 167 Å². The lowest BCUT2D eigenvalue weighted by atomic mass is 10.0. The molecule has 0 bridgehead atoms. The van der Waals surface area contributed by atoms with Crippen LogP contribution in [-0.2, 0) is 18.9 Å². The molecule has 1 aromatic carbocycles. The lowest BCUT2D eigenvalue weighted by molar-refractivity contribution is -0.331. The number of aromatic carboxylic acids is 2. The maximum Gasteiger partial charge on any atom is 0.452 e. The molecule has 0 atom stereocenters. The predicted molar refractivity (Wildman–Crippen MR) is 101 cm³/mol. The minimum Gasteiger partial charge on any atom is -0.478 e. The fourth-order valence-electron chi connectivity index (χ4n) is 2.06. The van der Waals surface area contributed by atoms with Crippen LogP contribution in [0, 0.1) is 0 Å². The van der Waals surface area contributed by atoms with Crippen LogP contribution in [0.25, 0.3) is 0 Å². The average molecular weight is 406 g/mol. The predicted octanol–water partition coefficient (Wildman–Crippen LogP) is 3.54. The highest BCUT2D eigenvalue weighted by molar-refractivity contribution is 6.09. The van der Waals surface area contributed by atoms with Gasteiger partial charge in [0.25, 0.3) is 0 Å². The highest BCUT2D eigenvalue weighted by Gasteiger charge is 2.38. The van der Waals surface area contributed by atoms with Gasteiger partial charge in [0.05, 0.1) is 35.5 Å². The van der Waals surface area contributed by atoms with E-state index in [-0.39, 0.29) is 0 Å². The number of hydrogen-bond acceptors (Lipinski definition) is 7. The summed E-state index contributed by atoms with van der Waals surface area (Å²) < 4.78 is 21.3. The quantitative estimate of drug-likeness (QED) is 0.322. The molecular weight excluding hydrogens is 384 g/mol. The first-order valence-electron chi connectivity index (χ1n) is 8.45. The van der Waals surface area contributed by atoms with E-state index in [0.717, 1.165) is 12.1 Å². The molecule has 0 heterocycles. The largest absolute Gasteiger partial charge is 0.478 e. The summed E-state index contributed by atoms with van der Waals surface area (Å²) in [5, 5.41) is 18.5. The van der Waals surface area contributed by atoms with E-state index in [1.54, 1.807) is 39.0 Å². The van der Waals surface area contributed by atoms with Crippen LogP contribution in [-0.4, -0.2) is 40.7 Å². The summed E-state index contributed by atoms with van der Waals surface area (Å²) in [7, 11) is 0. The smallest absolute Gasteiger partial charge is 0.452 e. The van der Waals surface area contributed by atoms with Gasteiger partial charge in [0.2, 0.25) is 6.61 Å². The van der Waals surface area contributed by atoms with Crippen LogP contribution < -0.4 is 0 Å². The number of ether oxygens (including phenoxy) is 4. The number of carboxylic acid groups (broad SMARTS) is 2. The molecule has 0 aliphatic heterocycles. The van der Waals surface area contributed by atoms with E-state index >= 15 is 0 Å². The van der Waals surface area contributed by atoms with Crippen molar-refractivity contribution in [3.05, 3.63) is 71.9 Å². The van der Waals surface area contributed by atoms with Gasteiger partial charge in [-0.2, -0.15) is 0 Å². The van der Waals surface area contributed by atoms with Crippen LogP contribution in [0.4, 0.5) is 0 Å². The van der Waals surface area contributed by atoms with Crippen LogP contribution in [0.2, 0.25) is 0 Å². The number of allylic oxidation sites excluding steroid dienone is 3. The lowest BCUT2D eigenvalue weighted by Gasteiger charge is -2.29. The standard InChI is InChI=1S/C20H22O9/c1-4-10-27-20(28-11-5-2,29-12-6-3)13-26-19(25)15-9-7-8-14(17(21)22)16(15)18(23)24/h4-12H,13H2,1-3H3,(H,21,22)(H,23,24). The Balaban J connectivity index is 3.22. The van der Waals surface area contributed by atoms with Crippen molar-refractivity contribution < 1.29 is 43.5 Å². The number of rotatable bonds is 11. The van der Waals surface area contributed by atoms with Gasteiger partial charge in [-0.05, 0) is 32.9 Å². The number of carbonyl (C=O) groups is 3. The lowest BCUT2D eigenvalue weighted by Crippen LogP contribution is -2.41. The first-order chi connectivity index (χ1) is 13.8. The maximum absolute atomic E-state index is 12.5. The number of carbonyl (C=O) groups excluding carboxylic acids is 1. The molecule has 0 saturated heterocycles. The Hall–Kier alpha value is -3.75. The molecule has 1 rings (SSSR count). The molecule has 9 nitrogen and oxygen atoms in total. The molecule has 2 N–H and O–H groups in total. The second-order valence-electron chi connectivity index (χ2n) is 5.36. The fourth-order valence-corrected chi connectivity index (χ4v) is 2.06. The van der Waals surface area contributed by atoms with Gasteiger partial charge in [0.15, 0.2) is 0 Å². The second kappa shape index (κ2) is 11.2. The van der Waals surface area contributed by atoms with E-state index in [4.69, 9.17) is 18.9 Å². The molecule has 0 aliphatic rings. The van der Waals surface area contributed by atoms with Gasteiger partial charge in [-0.15, -0.1) is 0 Å². The van der Waals surface area contributed by atoms with Crippen LogP contribution in [0.15, 0.2) is 55.2 Å². The molecule has 9 heteroatoms. The van der Waals surface area contributed by atoms with Crippen molar-refractivity contribution >= 4 is 17.9 Å². The molecular formula is C20H22O9. The van der Waals surface area contributed by atoms with Crippen molar-refractivity contribution in [3.8, 4) is 0 Å². The zero-order valence-corrected chi connectivity index (χ0v) is 16.2. The zero-order valence-electron chi connectivity index (χ0n) is 16.2. The Morgan fingerprint density at radius 2 is 1.34 bits per heavy atom. The van der Waals surface area contributed by atoms with Gasteiger partial charge in [0, 0.05) is 0 Å². The summed E-state index contributed by atoms with van der Waals surface area (Å²) in [6.45, 7) is 4.44. The fraction of sp³-hybridized carbons (Fsp3) is 0.250. The van der Waals surface area contributed by atoms with E-state index in [9.17, 15) is 24.6 Å². The molecule has 0 aliphatic carbocycles. The maximum atomic E-state index is 12.5. The normalized spacial score (nSPS) is 13.3. The molecule has 29 heavy (non-hydrogen) atoms. The molecule has 0 aromatic heterocycles. The summed E-state index contributed by atoms with van der Waals surface area (Å²) in [4.78, 5) is 35.3. The van der Waals surface area contributed by atoms with Gasteiger partial charge in [-0.25, -0.2) is 14.4 Å². The summed E-state index contributed by atoms with van der Waals surface area (Å²) >= 11 is 0. The van der Waals surface area contributed by atoms with Crippen LogP contribution in [0.1, 0.15) is 51.8 Å². The first-order valence-corrected chi connectivity index (χ1v) is 8.45. The van der Waals surface area contributed by atoms with E-state index < -0.39 is 47.2 Å². The average Bonchev–Trinajstić information content (AvgIpc) is 2.71. The summed E-state index contributed by atoms with van der Waals surface area (Å²) in [6.07, 6.45) is 8.42. The third-order valence-electron chi connectivity index (χ3n) is 3.26. The van der Waals surface area contributed by atoms with Crippen molar-refractivity contribution in [2.75, 3.05) is 6.61 Å². The van der Waals surface area contributed by atoms with Gasteiger partial charge in [-0.1, -0.05) is 24.3 Å². The molecule has 0 radical (unpaired) electrons. The van der Waals surface area contributed by atoms with Gasteiger partial charge >= 0.3 is 23.9 Å². The van der Waals surface area contributed by atoms with Crippen molar-refractivity contribution in [2.45, 2.75) is 26.7 Å². The molecule has 1 aromatic rings. The van der Waals surface area contributed by atoms with Crippen LogP contribution >= 0.6 is 0 Å². The van der Waals surface area contributed by atoms with Gasteiger partial charge in [0.1, 0.15) is 0 Å². The van der Waals surface area contributed by atoms with E-state index in [2.05, 4.69) is 0 Å². The van der Waals surface area contributed by atoms with Gasteiger partial charge < -0.3 is 29.2 Å². The monoisotopic (exact) mass is 406 g/mol. The highest BCUT2D eigenvalue weighted by atomic mass is 16.9. The first kappa shape index (κ1) is 23.3. The minimum absolute atomic E-state index is 0.436. The van der Waals surface area contributed by atoms with Crippen LogP contribution in [0.5, 0.6) is 0 Å². The Morgan fingerprint density at radius 3 is 1.76 bits per heavy atom. The number of benzene rings is 1. The molecule has 0 amide bonds. The number of esters is 1. The third kappa shape index (κ3) is 6.42. The number of carboxylic acids is 2. The van der Waals surface area contributed by atoms with Crippen LogP contribution in [0.3, 0.4) is 0 Å². The molecule has 0 saturated carbocycles. The second-order valence-corrected chi connectivity index (χ2v) is 5.36. The molecule has 0 spiro atoms. The van der Waals surface area contributed by atoms with Crippen molar-refractivity contribution in [3.63, 3.8) is 0 Å². The molecule has 0 fully saturated rings. The Morgan fingerprint density at radius 1 is 0.862 bits per heavy atom. The summed E-state index contributed by atoms with van der Waals surface area (Å²) in [5.41, 5.74) is -1.66. The zero-order chi connectivity index (χ0) is 21.9. The summed E-state index contributed by atoms with van der Waals surface area (Å²) in [5.74, 6) is -6.04. The van der Waals surface area contributed by atoms with E-state index in [1.165, 1.54) is 24.9 Å². The number of hydrogen-bond donors (Lipinski definition) is 2. The van der Waals surface area contributed by atoms with Crippen molar-refractivity contribution in [2.24, 2.45) is 0 Å². The van der Waals surface area contributed by atoms with Crippen molar-refractivity contribution in [1.29, 1.82) is 0 Å². The SMILES string of the molecule is CC=COC(COC(=O)c1cccc(C(=O)O)c1C(=O)O)(OC=CC)OC=CC. The summed E-state index contributed by atoms with van der Waals surface area (Å²) in [6, 6.07) is 3.46. The van der Waals surface area contributed by atoms with Gasteiger partial charge in [-0.3, -0.25) is 0 Å². The topological polar surface area (TPSA) is 129 Å². The Bertz CT molecular complexity index is 785. The van der Waals surface area contributed by atoms with E-state index in [1.807, 2.05) is 0 Å². The third-order valence-corrected chi connectivity index (χ3v) is 3.26. The Kier molecular flexibility index (Phi) is 8.97. The molecule has 0 unspecified atom stereocenters. The molecule has 156 valence electrons.